The third kappa shape index (κ3) is 2.70. The molecule has 0 aromatic carbocycles. The lowest BCUT2D eigenvalue weighted by molar-refractivity contribution is 0.0856. The smallest absolute Gasteiger partial charge is 0.140 e. The molecule has 3 aromatic heterocycles. The van der Waals surface area contributed by atoms with Crippen molar-refractivity contribution in [1.82, 2.24) is 19.9 Å². The van der Waals surface area contributed by atoms with Gasteiger partial charge in [0.2, 0.25) is 0 Å². The number of imidazole rings is 1. The van der Waals surface area contributed by atoms with Crippen LogP contribution in [0.25, 0.3) is 10.2 Å². The average molecular weight is 329 g/mol. The van der Waals surface area contributed by atoms with Crippen molar-refractivity contribution in [1.29, 1.82) is 0 Å². The Bertz CT molecular complexity index is 792. The number of H-pyrrole nitrogens is 1. The summed E-state index contributed by atoms with van der Waals surface area (Å²) in [5.74, 6) is 1.92. The minimum atomic E-state index is -0.513. The number of hydrogen-bond donors (Lipinski definition) is 2. The summed E-state index contributed by atoms with van der Waals surface area (Å²) in [5, 5.41) is 11.6. The lowest BCUT2D eigenvalue weighted by Crippen LogP contribution is -2.36. The number of aromatic amines is 1. The van der Waals surface area contributed by atoms with E-state index in [2.05, 4.69) is 37.8 Å². The van der Waals surface area contributed by atoms with Crippen LogP contribution < -0.4 is 4.90 Å². The molecule has 4 rings (SSSR count). The molecule has 1 saturated heterocycles. The van der Waals surface area contributed by atoms with Gasteiger partial charge in [0, 0.05) is 30.4 Å². The fraction of sp³-hybridized carbons (Fsp3) is 0.438. The van der Waals surface area contributed by atoms with Crippen molar-refractivity contribution in [3.05, 3.63) is 35.5 Å². The molecular formula is C16H19N5OS. The van der Waals surface area contributed by atoms with E-state index in [1.165, 1.54) is 4.88 Å². The van der Waals surface area contributed by atoms with Crippen molar-refractivity contribution in [3.63, 3.8) is 0 Å². The number of fused-ring (bicyclic) bond motifs is 1. The number of nitrogens with zero attached hydrogens (tertiary/aromatic N) is 4. The Hall–Kier alpha value is -1.99. The first kappa shape index (κ1) is 14.6. The van der Waals surface area contributed by atoms with Gasteiger partial charge in [-0.1, -0.05) is 0 Å². The maximum absolute atomic E-state index is 10.4. The Labute approximate surface area is 138 Å². The molecular weight excluding hydrogens is 310 g/mol. The normalized spacial score (nSPS) is 17.7. The lowest BCUT2D eigenvalue weighted by Gasteiger charge is -2.34. The zero-order valence-corrected chi connectivity index (χ0v) is 13.8. The number of aryl methyl sites for hydroxylation is 1. The van der Waals surface area contributed by atoms with Gasteiger partial charge in [-0.05, 0) is 31.7 Å². The number of thiophene rings is 1. The van der Waals surface area contributed by atoms with Crippen molar-refractivity contribution < 1.29 is 5.11 Å². The molecule has 6 nitrogen and oxygen atoms in total. The predicted molar refractivity (Wildman–Crippen MR) is 90.6 cm³/mol. The van der Waals surface area contributed by atoms with Gasteiger partial charge in [0.15, 0.2) is 0 Å². The largest absolute Gasteiger partial charge is 0.385 e. The fourth-order valence-corrected chi connectivity index (χ4v) is 4.15. The third-order valence-corrected chi connectivity index (χ3v) is 5.48. The van der Waals surface area contributed by atoms with Gasteiger partial charge >= 0.3 is 0 Å². The third-order valence-electron chi connectivity index (χ3n) is 4.52. The number of anilines is 1. The molecule has 0 radical (unpaired) electrons. The first-order chi connectivity index (χ1) is 11.2. The molecule has 0 amide bonds. The monoisotopic (exact) mass is 329 g/mol. The molecule has 1 atom stereocenters. The molecule has 2 N–H and O–H groups in total. The number of nitrogens with one attached hydrogen (secondary N) is 1. The van der Waals surface area contributed by atoms with Crippen LogP contribution in [0.1, 0.15) is 29.6 Å². The summed E-state index contributed by atoms with van der Waals surface area (Å²) in [6, 6.07) is 2.17. The van der Waals surface area contributed by atoms with Crippen LogP contribution in [0.15, 0.2) is 24.8 Å². The second-order valence-electron chi connectivity index (χ2n) is 6.02. The highest BCUT2D eigenvalue weighted by Crippen LogP contribution is 2.34. The van der Waals surface area contributed by atoms with E-state index < -0.39 is 6.10 Å². The second-order valence-corrected chi connectivity index (χ2v) is 7.25. The van der Waals surface area contributed by atoms with Crippen LogP contribution >= 0.6 is 11.3 Å². The van der Waals surface area contributed by atoms with Crippen LogP contribution in [0.2, 0.25) is 0 Å². The van der Waals surface area contributed by atoms with Gasteiger partial charge in [-0.3, -0.25) is 0 Å². The van der Waals surface area contributed by atoms with Crippen LogP contribution in [-0.2, 0) is 0 Å². The predicted octanol–water partition coefficient (Wildman–Crippen LogP) is 2.67. The Balaban J connectivity index is 1.51. The molecule has 1 aliphatic heterocycles. The van der Waals surface area contributed by atoms with Crippen LogP contribution in [0.3, 0.4) is 0 Å². The van der Waals surface area contributed by atoms with Crippen LogP contribution in [-0.4, -0.2) is 38.1 Å². The summed E-state index contributed by atoms with van der Waals surface area (Å²) < 4.78 is 0. The average Bonchev–Trinajstić information content (AvgIpc) is 3.22. The minimum Gasteiger partial charge on any atom is -0.385 e. The van der Waals surface area contributed by atoms with Gasteiger partial charge in [0.25, 0.3) is 0 Å². The minimum absolute atomic E-state index is 0.235. The van der Waals surface area contributed by atoms with Gasteiger partial charge in [0.05, 0.1) is 5.39 Å². The molecule has 3 aromatic rings. The first-order valence-corrected chi connectivity index (χ1v) is 8.67. The fourth-order valence-electron chi connectivity index (χ4n) is 3.31. The molecule has 23 heavy (non-hydrogen) atoms. The van der Waals surface area contributed by atoms with Crippen LogP contribution in [0.5, 0.6) is 0 Å². The second kappa shape index (κ2) is 5.90. The highest BCUT2D eigenvalue weighted by molar-refractivity contribution is 7.18. The van der Waals surface area contributed by atoms with Gasteiger partial charge in [-0.15, -0.1) is 11.3 Å². The quantitative estimate of drug-likeness (QED) is 0.772. The molecule has 0 bridgehead atoms. The standard InChI is InChI=1S/C16H19N5OS/c1-10-8-12-15(19-9-20-16(12)23-10)21-6-2-11(3-7-21)13(22)14-17-4-5-18-14/h4-5,8-9,11,13,22H,2-3,6-7H2,1H3,(H,17,18)/t13-/m1/s1. The zero-order valence-electron chi connectivity index (χ0n) is 12.9. The van der Waals surface area contributed by atoms with Gasteiger partial charge in [0.1, 0.15) is 28.9 Å². The van der Waals surface area contributed by atoms with E-state index in [1.54, 1.807) is 30.1 Å². The van der Waals surface area contributed by atoms with Gasteiger partial charge in [-0.2, -0.15) is 0 Å². The Kier molecular flexibility index (Phi) is 3.74. The van der Waals surface area contributed by atoms with E-state index >= 15 is 0 Å². The molecule has 120 valence electrons. The number of aliphatic hydroxyl groups is 1. The zero-order chi connectivity index (χ0) is 15.8. The van der Waals surface area contributed by atoms with Crippen LogP contribution in [0.4, 0.5) is 5.82 Å². The summed E-state index contributed by atoms with van der Waals surface area (Å²) in [5.41, 5.74) is 0. The SMILES string of the molecule is Cc1cc2c(N3CCC([C@@H](O)c4ncc[nH]4)CC3)ncnc2s1. The Morgan fingerprint density at radius 3 is 2.87 bits per heavy atom. The molecule has 1 aliphatic rings. The summed E-state index contributed by atoms with van der Waals surface area (Å²) in [7, 11) is 0. The summed E-state index contributed by atoms with van der Waals surface area (Å²) in [4.78, 5) is 20.7. The highest BCUT2D eigenvalue weighted by Gasteiger charge is 2.28. The molecule has 0 aliphatic carbocycles. The summed E-state index contributed by atoms with van der Waals surface area (Å²) >= 11 is 1.70. The topological polar surface area (TPSA) is 77.9 Å². The summed E-state index contributed by atoms with van der Waals surface area (Å²) in [6.07, 6.45) is 6.43. The number of piperidine rings is 1. The van der Waals surface area contributed by atoms with E-state index in [0.29, 0.717) is 5.82 Å². The molecule has 4 heterocycles. The van der Waals surface area contributed by atoms with Crippen molar-refractivity contribution in [2.45, 2.75) is 25.9 Å². The van der Waals surface area contributed by atoms with Crippen LogP contribution in [0, 0.1) is 12.8 Å². The molecule has 0 unspecified atom stereocenters. The summed E-state index contributed by atoms with van der Waals surface area (Å²) in [6.45, 7) is 3.88. The van der Waals surface area contributed by atoms with Crippen molar-refractivity contribution >= 4 is 27.4 Å². The number of hydrogen-bond acceptors (Lipinski definition) is 6. The van der Waals surface area contributed by atoms with E-state index in [9.17, 15) is 5.11 Å². The van der Waals surface area contributed by atoms with Gasteiger partial charge in [-0.25, -0.2) is 15.0 Å². The molecule has 0 spiro atoms. The molecule has 7 heteroatoms. The van der Waals surface area contributed by atoms with E-state index in [4.69, 9.17) is 0 Å². The molecule has 0 saturated carbocycles. The van der Waals surface area contributed by atoms with E-state index in [0.717, 1.165) is 42.0 Å². The van der Waals surface area contributed by atoms with E-state index in [1.807, 2.05) is 0 Å². The first-order valence-electron chi connectivity index (χ1n) is 7.86. The maximum atomic E-state index is 10.4. The van der Waals surface area contributed by atoms with E-state index in [-0.39, 0.29) is 5.92 Å². The Morgan fingerprint density at radius 1 is 1.30 bits per heavy atom. The highest BCUT2D eigenvalue weighted by atomic mass is 32.1. The van der Waals surface area contributed by atoms with Crippen molar-refractivity contribution in [3.8, 4) is 0 Å². The maximum Gasteiger partial charge on any atom is 0.140 e. The molecule has 1 fully saturated rings. The number of aliphatic hydroxyl groups excluding tert-OH is 1. The van der Waals surface area contributed by atoms with Crippen molar-refractivity contribution in [2.75, 3.05) is 18.0 Å². The number of rotatable bonds is 3. The number of aromatic nitrogens is 4. The lowest BCUT2D eigenvalue weighted by atomic mass is 9.91. The van der Waals surface area contributed by atoms with Gasteiger partial charge < -0.3 is 15.0 Å². The Morgan fingerprint density at radius 2 is 2.13 bits per heavy atom. The van der Waals surface area contributed by atoms with Crippen molar-refractivity contribution in [2.24, 2.45) is 5.92 Å².